The zero-order chi connectivity index (χ0) is 15.0. The van der Waals surface area contributed by atoms with Crippen molar-refractivity contribution in [3.63, 3.8) is 0 Å². The molecule has 21 heavy (non-hydrogen) atoms. The Morgan fingerprint density at radius 1 is 1.33 bits per heavy atom. The van der Waals surface area contributed by atoms with Gasteiger partial charge in [0.15, 0.2) is 16.4 Å². The van der Waals surface area contributed by atoms with Crippen LogP contribution in [0.1, 0.15) is 39.0 Å². The van der Waals surface area contributed by atoms with Crippen molar-refractivity contribution in [1.82, 2.24) is 9.55 Å². The molecule has 3 rings (SSSR count). The van der Waals surface area contributed by atoms with Crippen molar-refractivity contribution in [2.45, 2.75) is 45.6 Å². The van der Waals surface area contributed by atoms with Crippen molar-refractivity contribution in [3.05, 3.63) is 28.5 Å². The Balaban J connectivity index is 1.85. The molecule has 1 aromatic carbocycles. The van der Waals surface area contributed by atoms with Gasteiger partial charge in [-0.2, -0.15) is 0 Å². The highest BCUT2D eigenvalue weighted by Crippen LogP contribution is 2.31. The number of imidazole rings is 1. The number of halogens is 2. The number of aromatic nitrogens is 2. The summed E-state index contributed by atoms with van der Waals surface area (Å²) in [7, 11) is 0. The molecule has 0 bridgehead atoms. The normalized spacial score (nSPS) is 22.8. The summed E-state index contributed by atoms with van der Waals surface area (Å²) in [6.07, 6.45) is 6.02. The van der Waals surface area contributed by atoms with Gasteiger partial charge in [0.2, 0.25) is 0 Å². The molecule has 1 aliphatic rings. The third kappa shape index (κ3) is 2.89. The lowest BCUT2D eigenvalue weighted by Crippen LogP contribution is -2.15. The van der Waals surface area contributed by atoms with Gasteiger partial charge < -0.3 is 9.55 Å². The number of aromatic amines is 1. The number of H-pyrrole nitrogens is 1. The van der Waals surface area contributed by atoms with Crippen LogP contribution in [0.15, 0.2) is 12.1 Å². The van der Waals surface area contributed by atoms with E-state index in [-0.39, 0.29) is 5.52 Å². The quantitative estimate of drug-likeness (QED) is 0.773. The second-order valence-electron chi connectivity index (χ2n) is 6.27. The standard InChI is InChI=1S/C16H20F2N2S/c1-10-3-2-4-11(9-10)7-8-20-15-13(19-16(20)21)6-5-12(17)14(15)18/h5-6,10-11H,2-4,7-9H2,1H3,(H,19,21). The van der Waals surface area contributed by atoms with Crippen LogP contribution in [0.4, 0.5) is 8.78 Å². The minimum atomic E-state index is -0.823. The summed E-state index contributed by atoms with van der Waals surface area (Å²) in [6.45, 7) is 2.94. The van der Waals surface area contributed by atoms with E-state index in [1.165, 1.54) is 25.7 Å². The van der Waals surface area contributed by atoms with E-state index in [0.29, 0.717) is 22.8 Å². The summed E-state index contributed by atoms with van der Waals surface area (Å²) in [5.41, 5.74) is 0.833. The monoisotopic (exact) mass is 310 g/mol. The van der Waals surface area contributed by atoms with E-state index in [2.05, 4.69) is 11.9 Å². The van der Waals surface area contributed by atoms with E-state index in [1.54, 1.807) is 10.6 Å². The molecular formula is C16H20F2N2S. The third-order valence-corrected chi connectivity index (χ3v) is 4.95. The van der Waals surface area contributed by atoms with Gasteiger partial charge in [0.1, 0.15) is 5.52 Å². The fourth-order valence-electron chi connectivity index (χ4n) is 3.54. The molecule has 0 amide bonds. The molecule has 1 saturated carbocycles. The molecule has 2 unspecified atom stereocenters. The van der Waals surface area contributed by atoms with Crippen LogP contribution in [-0.4, -0.2) is 9.55 Å². The molecule has 1 aromatic heterocycles. The molecule has 0 radical (unpaired) electrons. The topological polar surface area (TPSA) is 20.7 Å². The molecule has 0 aliphatic heterocycles. The van der Waals surface area contributed by atoms with Gasteiger partial charge in [0.05, 0.1) is 5.52 Å². The van der Waals surface area contributed by atoms with Crippen LogP contribution in [0.25, 0.3) is 11.0 Å². The summed E-state index contributed by atoms with van der Waals surface area (Å²) in [6, 6.07) is 2.68. The first-order chi connectivity index (χ1) is 10.1. The van der Waals surface area contributed by atoms with Crippen LogP contribution in [0.5, 0.6) is 0 Å². The summed E-state index contributed by atoms with van der Waals surface area (Å²) >= 11 is 5.26. The Labute approximate surface area is 128 Å². The lowest BCUT2D eigenvalue weighted by Gasteiger charge is -2.26. The third-order valence-electron chi connectivity index (χ3n) is 4.63. The first-order valence-electron chi connectivity index (χ1n) is 7.62. The average Bonchev–Trinajstić information content (AvgIpc) is 2.77. The summed E-state index contributed by atoms with van der Waals surface area (Å²) in [4.78, 5) is 2.96. The van der Waals surface area contributed by atoms with Crippen molar-refractivity contribution in [2.24, 2.45) is 11.8 Å². The van der Waals surface area contributed by atoms with Gasteiger partial charge in [-0.1, -0.05) is 26.2 Å². The number of hydrogen-bond acceptors (Lipinski definition) is 1. The molecular weight excluding hydrogens is 290 g/mol. The predicted octanol–water partition coefficient (Wildman–Crippen LogP) is 5.19. The van der Waals surface area contributed by atoms with Gasteiger partial charge in [-0.05, 0) is 49.0 Å². The van der Waals surface area contributed by atoms with E-state index in [1.807, 2.05) is 0 Å². The van der Waals surface area contributed by atoms with Gasteiger partial charge in [-0.25, -0.2) is 8.78 Å². The second-order valence-corrected chi connectivity index (χ2v) is 6.65. The lowest BCUT2D eigenvalue weighted by molar-refractivity contribution is 0.261. The zero-order valence-corrected chi connectivity index (χ0v) is 13.0. The zero-order valence-electron chi connectivity index (χ0n) is 12.2. The highest BCUT2D eigenvalue weighted by molar-refractivity contribution is 7.71. The van der Waals surface area contributed by atoms with Crippen LogP contribution >= 0.6 is 12.2 Å². The van der Waals surface area contributed by atoms with Gasteiger partial charge in [-0.15, -0.1) is 0 Å². The van der Waals surface area contributed by atoms with Crippen LogP contribution in [0.2, 0.25) is 0 Å². The summed E-state index contributed by atoms with van der Waals surface area (Å²) < 4.78 is 29.7. The van der Waals surface area contributed by atoms with E-state index < -0.39 is 11.6 Å². The first kappa shape index (κ1) is 14.7. The lowest BCUT2D eigenvalue weighted by atomic mass is 9.81. The Kier molecular flexibility index (Phi) is 4.11. The Bertz CT molecular complexity index is 704. The van der Waals surface area contributed by atoms with Crippen molar-refractivity contribution >= 4 is 23.3 Å². The molecule has 1 aliphatic carbocycles. The number of nitrogens with zero attached hydrogens (tertiary/aromatic N) is 1. The van der Waals surface area contributed by atoms with Crippen molar-refractivity contribution < 1.29 is 8.78 Å². The number of hydrogen-bond donors (Lipinski definition) is 1. The Morgan fingerprint density at radius 3 is 2.90 bits per heavy atom. The number of nitrogens with one attached hydrogen (secondary N) is 1. The van der Waals surface area contributed by atoms with E-state index in [9.17, 15) is 8.78 Å². The highest BCUT2D eigenvalue weighted by Gasteiger charge is 2.20. The van der Waals surface area contributed by atoms with Crippen LogP contribution in [-0.2, 0) is 6.54 Å². The van der Waals surface area contributed by atoms with Crippen LogP contribution < -0.4 is 0 Å². The summed E-state index contributed by atoms with van der Waals surface area (Å²) in [5, 5.41) is 0. The maximum absolute atomic E-state index is 14.0. The van der Waals surface area contributed by atoms with Crippen LogP contribution in [0.3, 0.4) is 0 Å². The molecule has 5 heteroatoms. The van der Waals surface area contributed by atoms with E-state index in [4.69, 9.17) is 12.2 Å². The molecule has 0 saturated heterocycles. The molecule has 114 valence electrons. The minimum absolute atomic E-state index is 0.267. The smallest absolute Gasteiger partial charge is 0.184 e. The molecule has 1 fully saturated rings. The van der Waals surface area contributed by atoms with Crippen LogP contribution in [0, 0.1) is 28.2 Å². The van der Waals surface area contributed by atoms with Gasteiger partial charge in [-0.3, -0.25) is 0 Å². The average molecular weight is 310 g/mol. The fraction of sp³-hybridized carbons (Fsp3) is 0.562. The summed E-state index contributed by atoms with van der Waals surface area (Å²) in [5.74, 6) is -0.195. The Morgan fingerprint density at radius 2 is 2.14 bits per heavy atom. The fourth-order valence-corrected chi connectivity index (χ4v) is 3.83. The minimum Gasteiger partial charge on any atom is -0.330 e. The van der Waals surface area contributed by atoms with E-state index in [0.717, 1.165) is 18.4 Å². The number of fused-ring (bicyclic) bond motifs is 1. The Hall–Kier alpha value is -1.23. The molecule has 0 spiro atoms. The maximum atomic E-state index is 14.0. The molecule has 2 atom stereocenters. The molecule has 1 N–H and O–H groups in total. The van der Waals surface area contributed by atoms with Crippen molar-refractivity contribution in [3.8, 4) is 0 Å². The maximum Gasteiger partial charge on any atom is 0.184 e. The first-order valence-corrected chi connectivity index (χ1v) is 8.03. The van der Waals surface area contributed by atoms with Gasteiger partial charge in [0.25, 0.3) is 0 Å². The predicted molar refractivity (Wildman–Crippen MR) is 82.8 cm³/mol. The number of benzene rings is 1. The highest BCUT2D eigenvalue weighted by atomic mass is 32.1. The molecule has 2 nitrogen and oxygen atoms in total. The van der Waals surface area contributed by atoms with Gasteiger partial charge >= 0.3 is 0 Å². The number of rotatable bonds is 3. The van der Waals surface area contributed by atoms with Crippen molar-refractivity contribution in [2.75, 3.05) is 0 Å². The second kappa shape index (κ2) is 5.87. The van der Waals surface area contributed by atoms with Gasteiger partial charge in [0, 0.05) is 6.54 Å². The van der Waals surface area contributed by atoms with E-state index >= 15 is 0 Å². The molecule has 2 aromatic rings. The molecule has 1 heterocycles. The number of aryl methyl sites for hydroxylation is 1. The van der Waals surface area contributed by atoms with Crippen molar-refractivity contribution in [1.29, 1.82) is 0 Å². The largest absolute Gasteiger partial charge is 0.330 e. The SMILES string of the molecule is CC1CCCC(CCn2c(=S)[nH]c3ccc(F)c(F)c32)C1.